The largest absolute Gasteiger partial charge is 0.469 e. The van der Waals surface area contributed by atoms with E-state index < -0.39 is 0 Å². The van der Waals surface area contributed by atoms with Crippen LogP contribution in [0.4, 0.5) is 0 Å². The molecule has 0 fully saturated rings. The molecule has 0 saturated heterocycles. The van der Waals surface area contributed by atoms with Crippen molar-refractivity contribution in [3.63, 3.8) is 0 Å². The lowest BCUT2D eigenvalue weighted by atomic mass is 10.1. The van der Waals surface area contributed by atoms with E-state index in [9.17, 15) is 0 Å². The molecule has 0 bridgehead atoms. The summed E-state index contributed by atoms with van der Waals surface area (Å²) in [7, 11) is 0. The van der Waals surface area contributed by atoms with Crippen LogP contribution in [-0.2, 0) is 6.42 Å². The highest BCUT2D eigenvalue weighted by Gasteiger charge is 2.06. The van der Waals surface area contributed by atoms with Crippen LogP contribution < -0.4 is 5.32 Å². The fourth-order valence-corrected chi connectivity index (χ4v) is 1.64. The zero-order valence-corrected chi connectivity index (χ0v) is 10.3. The molecule has 2 unspecified atom stereocenters. The Morgan fingerprint density at radius 3 is 2.81 bits per heavy atom. The van der Waals surface area contributed by atoms with Gasteiger partial charge < -0.3 is 14.8 Å². The molecule has 3 nitrogen and oxygen atoms in total. The van der Waals surface area contributed by atoms with Crippen molar-refractivity contribution < 1.29 is 9.52 Å². The Kier molecular flexibility index (Phi) is 6.19. The molecule has 0 radical (unpaired) electrons. The summed E-state index contributed by atoms with van der Waals surface area (Å²) in [5.41, 5.74) is 0. The third-order valence-electron chi connectivity index (χ3n) is 2.84. The first-order chi connectivity index (χ1) is 7.72. The van der Waals surface area contributed by atoms with E-state index in [0.717, 1.165) is 31.6 Å². The molecule has 3 heteroatoms. The maximum Gasteiger partial charge on any atom is 0.103 e. The summed E-state index contributed by atoms with van der Waals surface area (Å²) < 4.78 is 5.29. The third-order valence-corrected chi connectivity index (χ3v) is 2.84. The zero-order chi connectivity index (χ0) is 11.8. The van der Waals surface area contributed by atoms with Crippen molar-refractivity contribution in [2.24, 2.45) is 5.92 Å². The lowest BCUT2D eigenvalue weighted by Crippen LogP contribution is -2.31. The second kappa shape index (κ2) is 7.47. The summed E-state index contributed by atoms with van der Waals surface area (Å²) >= 11 is 0. The van der Waals surface area contributed by atoms with Crippen LogP contribution in [0.25, 0.3) is 0 Å². The molecule has 1 heterocycles. The van der Waals surface area contributed by atoms with Gasteiger partial charge >= 0.3 is 0 Å². The van der Waals surface area contributed by atoms with Crippen LogP contribution in [0.15, 0.2) is 22.8 Å². The molecule has 0 saturated carbocycles. The van der Waals surface area contributed by atoms with Gasteiger partial charge in [0.2, 0.25) is 0 Å². The Bertz CT molecular complexity index is 259. The predicted octanol–water partition coefficient (Wildman–Crippen LogP) is 2.21. The van der Waals surface area contributed by atoms with Gasteiger partial charge in [-0.2, -0.15) is 0 Å². The summed E-state index contributed by atoms with van der Waals surface area (Å²) in [6, 6.07) is 4.43. The molecule has 2 N–H and O–H groups in total. The number of hydrogen-bond acceptors (Lipinski definition) is 3. The molecule has 0 aliphatic carbocycles. The molecule has 1 rings (SSSR count). The number of nitrogens with one attached hydrogen (secondary N) is 1. The molecular formula is C13H23NO2. The number of aliphatic hydroxyl groups excluding tert-OH is 1. The summed E-state index contributed by atoms with van der Waals surface area (Å²) in [6.07, 6.45) is 4.66. The highest BCUT2D eigenvalue weighted by Crippen LogP contribution is 2.06. The quantitative estimate of drug-likeness (QED) is 0.713. The summed E-state index contributed by atoms with van der Waals surface area (Å²) in [6.45, 7) is 5.60. The standard InChI is InChI=1S/C13H23NO2/c1-11(7-8-15)10-14-12(2)5-6-13-4-3-9-16-13/h3-4,9,11-12,14-15H,5-8,10H2,1-2H3. The Balaban J connectivity index is 2.09. The summed E-state index contributed by atoms with van der Waals surface area (Å²) in [5.74, 6) is 1.59. The van der Waals surface area contributed by atoms with Crippen molar-refractivity contribution in [1.82, 2.24) is 5.32 Å². The Labute approximate surface area is 97.9 Å². The fourth-order valence-electron chi connectivity index (χ4n) is 1.64. The van der Waals surface area contributed by atoms with Crippen LogP contribution >= 0.6 is 0 Å². The molecule has 1 aromatic heterocycles. The number of hydrogen-bond donors (Lipinski definition) is 2. The number of rotatable bonds is 8. The smallest absolute Gasteiger partial charge is 0.103 e. The van der Waals surface area contributed by atoms with E-state index >= 15 is 0 Å². The van der Waals surface area contributed by atoms with Crippen molar-refractivity contribution in [3.8, 4) is 0 Å². The van der Waals surface area contributed by atoms with E-state index in [1.165, 1.54) is 0 Å². The van der Waals surface area contributed by atoms with E-state index in [1.807, 2.05) is 12.1 Å². The summed E-state index contributed by atoms with van der Waals surface area (Å²) in [5, 5.41) is 12.3. The van der Waals surface area contributed by atoms with Gasteiger partial charge in [0, 0.05) is 19.1 Å². The molecule has 0 amide bonds. The zero-order valence-electron chi connectivity index (χ0n) is 10.3. The molecule has 0 aliphatic heterocycles. The maximum atomic E-state index is 8.79. The average Bonchev–Trinajstić information content (AvgIpc) is 2.77. The number of aliphatic hydroxyl groups is 1. The van der Waals surface area contributed by atoms with Crippen LogP contribution in [-0.4, -0.2) is 24.3 Å². The van der Waals surface area contributed by atoms with Gasteiger partial charge in [0.1, 0.15) is 5.76 Å². The molecular weight excluding hydrogens is 202 g/mol. The first kappa shape index (κ1) is 13.3. The second-order valence-electron chi connectivity index (χ2n) is 4.54. The van der Waals surface area contributed by atoms with Gasteiger partial charge in [0.25, 0.3) is 0 Å². The number of furan rings is 1. The van der Waals surface area contributed by atoms with Crippen molar-refractivity contribution in [1.29, 1.82) is 0 Å². The van der Waals surface area contributed by atoms with Gasteiger partial charge in [-0.05, 0) is 44.4 Å². The molecule has 0 aromatic carbocycles. The van der Waals surface area contributed by atoms with Crippen molar-refractivity contribution in [3.05, 3.63) is 24.2 Å². The van der Waals surface area contributed by atoms with Crippen molar-refractivity contribution in [2.75, 3.05) is 13.2 Å². The monoisotopic (exact) mass is 225 g/mol. The number of aryl methyl sites for hydroxylation is 1. The van der Waals surface area contributed by atoms with Gasteiger partial charge in [0.15, 0.2) is 0 Å². The SMILES string of the molecule is CC(CCO)CNC(C)CCc1ccco1. The van der Waals surface area contributed by atoms with Crippen LogP contribution in [0.1, 0.15) is 32.4 Å². The van der Waals surface area contributed by atoms with E-state index in [-0.39, 0.29) is 6.61 Å². The normalized spacial score (nSPS) is 14.9. The topological polar surface area (TPSA) is 45.4 Å². The minimum absolute atomic E-state index is 0.281. The van der Waals surface area contributed by atoms with E-state index in [4.69, 9.17) is 9.52 Å². The van der Waals surface area contributed by atoms with Crippen LogP contribution in [0.3, 0.4) is 0 Å². The van der Waals surface area contributed by atoms with E-state index in [1.54, 1.807) is 6.26 Å². The minimum Gasteiger partial charge on any atom is -0.469 e. The molecule has 2 atom stereocenters. The fraction of sp³-hybridized carbons (Fsp3) is 0.692. The molecule has 0 aliphatic rings. The van der Waals surface area contributed by atoms with Gasteiger partial charge in [-0.25, -0.2) is 0 Å². The lowest BCUT2D eigenvalue weighted by Gasteiger charge is -2.16. The van der Waals surface area contributed by atoms with Crippen LogP contribution in [0, 0.1) is 5.92 Å². The highest BCUT2D eigenvalue weighted by atomic mass is 16.3. The average molecular weight is 225 g/mol. The van der Waals surface area contributed by atoms with Gasteiger partial charge in [-0.3, -0.25) is 0 Å². The maximum absolute atomic E-state index is 8.79. The first-order valence-electron chi connectivity index (χ1n) is 6.09. The Morgan fingerprint density at radius 1 is 1.38 bits per heavy atom. The Hall–Kier alpha value is -0.800. The van der Waals surface area contributed by atoms with E-state index in [0.29, 0.717) is 12.0 Å². The van der Waals surface area contributed by atoms with Crippen molar-refractivity contribution >= 4 is 0 Å². The van der Waals surface area contributed by atoms with Gasteiger partial charge in [-0.15, -0.1) is 0 Å². The molecule has 0 spiro atoms. The lowest BCUT2D eigenvalue weighted by molar-refractivity contribution is 0.257. The first-order valence-corrected chi connectivity index (χ1v) is 6.09. The highest BCUT2D eigenvalue weighted by molar-refractivity contribution is 4.98. The second-order valence-corrected chi connectivity index (χ2v) is 4.54. The third kappa shape index (κ3) is 5.33. The molecule has 1 aromatic rings. The molecule has 16 heavy (non-hydrogen) atoms. The van der Waals surface area contributed by atoms with Gasteiger partial charge in [-0.1, -0.05) is 6.92 Å². The summed E-state index contributed by atoms with van der Waals surface area (Å²) in [4.78, 5) is 0. The van der Waals surface area contributed by atoms with Crippen LogP contribution in [0.5, 0.6) is 0 Å². The van der Waals surface area contributed by atoms with E-state index in [2.05, 4.69) is 19.2 Å². The van der Waals surface area contributed by atoms with Crippen molar-refractivity contribution in [2.45, 2.75) is 39.2 Å². The Morgan fingerprint density at radius 2 is 2.19 bits per heavy atom. The minimum atomic E-state index is 0.281. The molecule has 92 valence electrons. The predicted molar refractivity (Wildman–Crippen MR) is 65.4 cm³/mol. The van der Waals surface area contributed by atoms with Gasteiger partial charge in [0.05, 0.1) is 6.26 Å². The van der Waals surface area contributed by atoms with Crippen LogP contribution in [0.2, 0.25) is 0 Å².